The Kier molecular flexibility index (Phi) is 7.27. The summed E-state index contributed by atoms with van der Waals surface area (Å²) in [6, 6.07) is 12.3. The van der Waals surface area contributed by atoms with Crippen molar-refractivity contribution < 1.29 is 4.79 Å². The van der Waals surface area contributed by atoms with Crippen LogP contribution in [0.3, 0.4) is 0 Å². The summed E-state index contributed by atoms with van der Waals surface area (Å²) >= 11 is 6.25. The van der Waals surface area contributed by atoms with Gasteiger partial charge in [0.2, 0.25) is 5.69 Å². The maximum Gasteiger partial charge on any atom is 0.352 e. The summed E-state index contributed by atoms with van der Waals surface area (Å²) in [5, 5.41) is 7.26. The lowest BCUT2D eigenvalue weighted by Crippen LogP contribution is -2.46. The zero-order chi connectivity index (χ0) is 23.4. The Morgan fingerprint density at radius 1 is 1.09 bits per heavy atom. The van der Waals surface area contributed by atoms with Crippen molar-refractivity contribution in [1.29, 1.82) is 0 Å². The van der Waals surface area contributed by atoms with E-state index in [-0.39, 0.29) is 12.2 Å². The van der Waals surface area contributed by atoms with Gasteiger partial charge >= 0.3 is 5.69 Å². The van der Waals surface area contributed by atoms with Gasteiger partial charge in [0.25, 0.3) is 11.5 Å². The molecule has 0 atom stereocenters. The van der Waals surface area contributed by atoms with Crippen molar-refractivity contribution in [2.75, 3.05) is 27.2 Å². The first-order valence-electron chi connectivity index (χ1n) is 10.2. The molecule has 8 nitrogen and oxygen atoms in total. The highest BCUT2D eigenvalue weighted by atomic mass is 35.5. The fourth-order valence-electron chi connectivity index (χ4n) is 3.10. The van der Waals surface area contributed by atoms with Gasteiger partial charge in [-0.25, -0.2) is 4.79 Å². The molecule has 3 aromatic rings. The number of carbonyl (C=O) groups is 1. The van der Waals surface area contributed by atoms with E-state index in [0.29, 0.717) is 29.4 Å². The lowest BCUT2D eigenvalue weighted by molar-refractivity contribution is 0.0941. The third-order valence-corrected chi connectivity index (χ3v) is 5.51. The maximum absolute atomic E-state index is 13.3. The molecule has 0 fully saturated rings. The summed E-state index contributed by atoms with van der Waals surface area (Å²) in [4.78, 5) is 41.1. The van der Waals surface area contributed by atoms with E-state index in [1.807, 2.05) is 38.9 Å². The zero-order valence-electron chi connectivity index (χ0n) is 18.6. The summed E-state index contributed by atoms with van der Waals surface area (Å²) < 4.78 is 2.08. The SMILES string of the molecule is Cc1ccc(-n2nc(C(=O)NCCN(C)C)c(=O)n(Cc3ccccc3Cl)c2=O)cc1C. The Bertz CT molecular complexity index is 1260. The highest BCUT2D eigenvalue weighted by molar-refractivity contribution is 6.31. The van der Waals surface area contributed by atoms with Crippen molar-refractivity contribution in [3.05, 3.63) is 90.7 Å². The molecule has 0 bridgehead atoms. The molecule has 168 valence electrons. The van der Waals surface area contributed by atoms with Crippen LogP contribution in [0.15, 0.2) is 52.1 Å². The molecule has 0 saturated carbocycles. The van der Waals surface area contributed by atoms with E-state index in [4.69, 9.17) is 11.6 Å². The Morgan fingerprint density at radius 3 is 2.47 bits per heavy atom. The lowest BCUT2D eigenvalue weighted by atomic mass is 10.1. The molecule has 1 amide bonds. The monoisotopic (exact) mass is 455 g/mol. The number of hydrogen-bond donors (Lipinski definition) is 1. The van der Waals surface area contributed by atoms with E-state index in [2.05, 4.69) is 10.4 Å². The van der Waals surface area contributed by atoms with Crippen LogP contribution in [0, 0.1) is 13.8 Å². The fraction of sp³-hybridized carbons (Fsp3) is 0.304. The van der Waals surface area contributed by atoms with Crippen molar-refractivity contribution in [2.45, 2.75) is 20.4 Å². The predicted molar refractivity (Wildman–Crippen MR) is 125 cm³/mol. The van der Waals surface area contributed by atoms with Gasteiger partial charge in [-0.3, -0.25) is 14.2 Å². The van der Waals surface area contributed by atoms with E-state index < -0.39 is 17.2 Å². The summed E-state index contributed by atoms with van der Waals surface area (Å²) in [5.74, 6) is -0.637. The van der Waals surface area contributed by atoms with Gasteiger partial charge in [0, 0.05) is 18.1 Å². The molecule has 1 heterocycles. The maximum atomic E-state index is 13.3. The van der Waals surface area contributed by atoms with E-state index >= 15 is 0 Å². The molecule has 0 saturated heterocycles. The van der Waals surface area contributed by atoms with Crippen molar-refractivity contribution in [2.24, 2.45) is 0 Å². The highest BCUT2D eigenvalue weighted by Gasteiger charge is 2.21. The molecule has 0 aliphatic carbocycles. The van der Waals surface area contributed by atoms with Gasteiger partial charge in [0.1, 0.15) is 0 Å². The molecule has 0 unspecified atom stereocenters. The zero-order valence-corrected chi connectivity index (χ0v) is 19.3. The lowest BCUT2D eigenvalue weighted by Gasteiger charge is -2.14. The second kappa shape index (κ2) is 9.93. The average Bonchev–Trinajstić information content (AvgIpc) is 2.74. The van der Waals surface area contributed by atoms with Crippen molar-refractivity contribution in [3.63, 3.8) is 0 Å². The Hall–Kier alpha value is -3.23. The Morgan fingerprint density at radius 2 is 1.81 bits per heavy atom. The Labute approximate surface area is 191 Å². The van der Waals surface area contributed by atoms with E-state index in [1.165, 1.54) is 0 Å². The molecule has 0 aliphatic rings. The van der Waals surface area contributed by atoms with Crippen LogP contribution in [0.2, 0.25) is 5.02 Å². The van der Waals surface area contributed by atoms with Crippen LogP contribution in [-0.2, 0) is 6.54 Å². The quantitative estimate of drug-likeness (QED) is 0.588. The highest BCUT2D eigenvalue weighted by Crippen LogP contribution is 2.15. The minimum atomic E-state index is -0.766. The fourth-order valence-corrected chi connectivity index (χ4v) is 3.29. The molecule has 9 heteroatoms. The Balaban J connectivity index is 2.15. The second-order valence-corrected chi connectivity index (χ2v) is 8.26. The van der Waals surface area contributed by atoms with Crippen LogP contribution >= 0.6 is 11.6 Å². The van der Waals surface area contributed by atoms with Gasteiger partial charge in [-0.2, -0.15) is 9.78 Å². The number of hydrogen-bond acceptors (Lipinski definition) is 5. The number of aromatic nitrogens is 3. The molecule has 32 heavy (non-hydrogen) atoms. The predicted octanol–water partition coefficient (Wildman–Crippen LogP) is 2.00. The smallest absolute Gasteiger partial charge is 0.349 e. The van der Waals surface area contributed by atoms with Crippen molar-refractivity contribution in [3.8, 4) is 5.69 Å². The number of halogens is 1. The first kappa shape index (κ1) is 23.4. The number of carbonyl (C=O) groups excluding carboxylic acids is 1. The van der Waals surface area contributed by atoms with Gasteiger partial charge in [0.05, 0.1) is 12.2 Å². The molecular formula is C23H26ClN5O3. The largest absolute Gasteiger partial charge is 0.352 e. The van der Waals surface area contributed by atoms with E-state index in [1.54, 1.807) is 36.4 Å². The summed E-state index contributed by atoms with van der Waals surface area (Å²) in [6.45, 7) is 4.72. The summed E-state index contributed by atoms with van der Waals surface area (Å²) in [7, 11) is 3.75. The minimum Gasteiger partial charge on any atom is -0.349 e. The first-order valence-corrected chi connectivity index (χ1v) is 10.5. The minimum absolute atomic E-state index is 0.0807. The van der Waals surface area contributed by atoms with Crippen LogP contribution in [-0.4, -0.2) is 52.3 Å². The van der Waals surface area contributed by atoms with Crippen LogP contribution in [0.25, 0.3) is 5.69 Å². The van der Waals surface area contributed by atoms with Crippen LogP contribution < -0.4 is 16.6 Å². The number of rotatable bonds is 7. The van der Waals surface area contributed by atoms with Gasteiger partial charge in [-0.05, 0) is 62.8 Å². The number of nitrogens with one attached hydrogen (secondary N) is 1. The first-order chi connectivity index (χ1) is 15.2. The third kappa shape index (κ3) is 5.15. The summed E-state index contributed by atoms with van der Waals surface area (Å²) in [5.41, 5.74) is 1.29. The molecule has 1 aromatic heterocycles. The number of aryl methyl sites for hydroxylation is 2. The summed E-state index contributed by atoms with van der Waals surface area (Å²) in [6.07, 6.45) is 0. The molecule has 0 radical (unpaired) electrons. The van der Waals surface area contributed by atoms with Crippen LogP contribution in [0.4, 0.5) is 0 Å². The third-order valence-electron chi connectivity index (χ3n) is 5.14. The number of nitrogens with zero attached hydrogens (tertiary/aromatic N) is 4. The van der Waals surface area contributed by atoms with E-state index in [0.717, 1.165) is 20.4 Å². The molecular weight excluding hydrogens is 430 g/mol. The standard InChI is InChI=1S/C23H26ClN5O3/c1-15-9-10-18(13-16(15)2)29-23(32)28(14-17-7-5-6-8-19(17)24)22(31)20(26-29)21(30)25-11-12-27(3)4/h5-10,13H,11-12,14H2,1-4H3,(H,25,30). The van der Waals surface area contributed by atoms with Crippen LogP contribution in [0.5, 0.6) is 0 Å². The van der Waals surface area contributed by atoms with Crippen molar-refractivity contribution in [1.82, 2.24) is 24.6 Å². The van der Waals surface area contributed by atoms with Gasteiger partial charge in [0.15, 0.2) is 0 Å². The van der Waals surface area contributed by atoms with E-state index in [9.17, 15) is 14.4 Å². The van der Waals surface area contributed by atoms with Crippen LogP contribution in [0.1, 0.15) is 27.2 Å². The van der Waals surface area contributed by atoms with Gasteiger partial charge in [-0.15, -0.1) is 0 Å². The number of likely N-dealkylation sites (N-methyl/N-ethyl adjacent to an activating group) is 1. The molecule has 2 aromatic carbocycles. The molecule has 1 N–H and O–H groups in total. The topological polar surface area (TPSA) is 89.2 Å². The normalized spacial score (nSPS) is 11.1. The molecule has 0 aliphatic heterocycles. The molecule has 3 rings (SSSR count). The number of amides is 1. The second-order valence-electron chi connectivity index (χ2n) is 7.85. The van der Waals surface area contributed by atoms with Gasteiger partial charge < -0.3 is 10.2 Å². The average molecular weight is 456 g/mol. The van der Waals surface area contributed by atoms with Gasteiger partial charge in [-0.1, -0.05) is 35.9 Å². The number of benzene rings is 2. The molecule has 0 spiro atoms. The van der Waals surface area contributed by atoms with Crippen molar-refractivity contribution >= 4 is 17.5 Å².